The highest BCUT2D eigenvalue weighted by Gasteiger charge is 2.10. The van der Waals surface area contributed by atoms with E-state index in [4.69, 9.17) is 4.74 Å². The summed E-state index contributed by atoms with van der Waals surface area (Å²) in [5, 5.41) is 2.69. The van der Waals surface area contributed by atoms with E-state index in [1.54, 1.807) is 30.3 Å². The normalized spacial score (nSPS) is 10.1. The Morgan fingerprint density at radius 2 is 1.91 bits per heavy atom. The zero-order valence-corrected chi connectivity index (χ0v) is 13.9. The standard InChI is InChI=1S/C17H16BrNO3/c1-11-7-8-16(14(18)9-11)22-10-17(21)19-15-6-4-3-5-13(15)12(2)20/h3-9H,10H2,1-2H3,(H,19,21). The third-order valence-corrected chi connectivity index (χ3v) is 3.65. The number of halogens is 1. The summed E-state index contributed by atoms with van der Waals surface area (Å²) in [7, 11) is 0. The number of anilines is 1. The number of ketones is 1. The van der Waals surface area contributed by atoms with Gasteiger partial charge in [-0.25, -0.2) is 0 Å². The van der Waals surface area contributed by atoms with E-state index in [9.17, 15) is 9.59 Å². The number of hydrogen-bond acceptors (Lipinski definition) is 3. The van der Waals surface area contributed by atoms with Crippen LogP contribution in [-0.4, -0.2) is 18.3 Å². The van der Waals surface area contributed by atoms with Crippen LogP contribution in [0.5, 0.6) is 5.75 Å². The molecule has 2 aromatic rings. The van der Waals surface area contributed by atoms with Crippen molar-refractivity contribution >= 4 is 33.3 Å². The van der Waals surface area contributed by atoms with Crippen molar-refractivity contribution in [1.29, 1.82) is 0 Å². The lowest BCUT2D eigenvalue weighted by Crippen LogP contribution is -2.21. The molecular formula is C17H16BrNO3. The van der Waals surface area contributed by atoms with Gasteiger partial charge in [0.2, 0.25) is 0 Å². The highest BCUT2D eigenvalue weighted by molar-refractivity contribution is 9.10. The number of rotatable bonds is 5. The fourth-order valence-electron chi connectivity index (χ4n) is 1.95. The zero-order chi connectivity index (χ0) is 16.1. The van der Waals surface area contributed by atoms with Gasteiger partial charge < -0.3 is 10.1 Å². The Morgan fingerprint density at radius 1 is 1.18 bits per heavy atom. The van der Waals surface area contributed by atoms with Gasteiger partial charge in [-0.3, -0.25) is 9.59 Å². The second-order valence-corrected chi connectivity index (χ2v) is 5.73. The van der Waals surface area contributed by atoms with Crippen LogP contribution in [0.3, 0.4) is 0 Å². The molecule has 0 unspecified atom stereocenters. The van der Waals surface area contributed by atoms with Crippen molar-refractivity contribution in [3.8, 4) is 5.75 Å². The first-order valence-corrected chi connectivity index (χ1v) is 7.55. The third kappa shape index (κ3) is 4.18. The van der Waals surface area contributed by atoms with Crippen LogP contribution in [0.2, 0.25) is 0 Å². The monoisotopic (exact) mass is 361 g/mol. The maximum atomic E-state index is 12.0. The second-order valence-electron chi connectivity index (χ2n) is 4.87. The van der Waals surface area contributed by atoms with Gasteiger partial charge in [-0.15, -0.1) is 0 Å². The number of aryl methyl sites for hydroxylation is 1. The van der Waals surface area contributed by atoms with E-state index in [1.807, 2.05) is 19.1 Å². The van der Waals surface area contributed by atoms with Crippen LogP contribution in [0.15, 0.2) is 46.9 Å². The summed E-state index contributed by atoms with van der Waals surface area (Å²) < 4.78 is 6.28. The maximum Gasteiger partial charge on any atom is 0.262 e. The molecule has 1 amide bonds. The smallest absolute Gasteiger partial charge is 0.262 e. The first-order chi connectivity index (χ1) is 10.5. The van der Waals surface area contributed by atoms with E-state index in [0.717, 1.165) is 10.0 Å². The Hall–Kier alpha value is -2.14. The third-order valence-electron chi connectivity index (χ3n) is 3.03. The number of para-hydroxylation sites is 1. The molecule has 114 valence electrons. The first kappa shape index (κ1) is 16.2. The SMILES string of the molecule is CC(=O)c1ccccc1NC(=O)COc1ccc(C)cc1Br. The number of ether oxygens (including phenoxy) is 1. The van der Waals surface area contributed by atoms with E-state index in [0.29, 0.717) is 17.0 Å². The number of carbonyl (C=O) groups is 2. The van der Waals surface area contributed by atoms with Gasteiger partial charge in [0.05, 0.1) is 10.2 Å². The summed E-state index contributed by atoms with van der Waals surface area (Å²) in [4.78, 5) is 23.5. The van der Waals surface area contributed by atoms with Crippen molar-refractivity contribution < 1.29 is 14.3 Å². The molecular weight excluding hydrogens is 346 g/mol. The molecule has 4 nitrogen and oxygen atoms in total. The number of benzene rings is 2. The topological polar surface area (TPSA) is 55.4 Å². The van der Waals surface area contributed by atoms with Gasteiger partial charge in [0.15, 0.2) is 12.4 Å². The number of amides is 1. The average molecular weight is 362 g/mol. The van der Waals surface area contributed by atoms with Crippen LogP contribution in [-0.2, 0) is 4.79 Å². The molecule has 5 heteroatoms. The van der Waals surface area contributed by atoms with Crippen molar-refractivity contribution in [2.75, 3.05) is 11.9 Å². The molecule has 0 bridgehead atoms. The van der Waals surface area contributed by atoms with Crippen LogP contribution in [0.1, 0.15) is 22.8 Å². The molecule has 0 saturated carbocycles. The van der Waals surface area contributed by atoms with Crippen molar-refractivity contribution in [3.63, 3.8) is 0 Å². The minimum atomic E-state index is -0.318. The van der Waals surface area contributed by atoms with E-state index in [-0.39, 0.29) is 18.3 Å². The van der Waals surface area contributed by atoms with E-state index >= 15 is 0 Å². The molecule has 0 spiro atoms. The highest BCUT2D eigenvalue weighted by atomic mass is 79.9. The molecule has 1 N–H and O–H groups in total. The summed E-state index contributed by atoms with van der Waals surface area (Å²) in [6, 6.07) is 12.5. The minimum Gasteiger partial charge on any atom is -0.483 e. The van der Waals surface area contributed by atoms with E-state index in [2.05, 4.69) is 21.2 Å². The average Bonchev–Trinajstić information content (AvgIpc) is 2.46. The molecule has 0 aliphatic carbocycles. The van der Waals surface area contributed by atoms with Crippen LogP contribution < -0.4 is 10.1 Å². The molecule has 0 saturated heterocycles. The lowest BCUT2D eigenvalue weighted by molar-refractivity contribution is -0.118. The van der Waals surface area contributed by atoms with Crippen molar-refractivity contribution in [2.24, 2.45) is 0 Å². The van der Waals surface area contributed by atoms with Crippen molar-refractivity contribution in [3.05, 3.63) is 58.1 Å². The molecule has 2 aromatic carbocycles. The van der Waals surface area contributed by atoms with Gasteiger partial charge in [0.25, 0.3) is 5.91 Å². The largest absolute Gasteiger partial charge is 0.483 e. The summed E-state index contributed by atoms with van der Waals surface area (Å²) in [5.74, 6) is 0.180. The molecule has 0 aromatic heterocycles. The number of carbonyl (C=O) groups excluding carboxylic acids is 2. The molecule has 22 heavy (non-hydrogen) atoms. The fraction of sp³-hybridized carbons (Fsp3) is 0.176. The summed E-state index contributed by atoms with van der Waals surface area (Å²) >= 11 is 3.39. The van der Waals surface area contributed by atoms with Gasteiger partial charge >= 0.3 is 0 Å². The van der Waals surface area contributed by atoms with E-state index < -0.39 is 0 Å². The Morgan fingerprint density at radius 3 is 2.59 bits per heavy atom. The number of nitrogens with one attached hydrogen (secondary N) is 1. The molecule has 0 fully saturated rings. The van der Waals surface area contributed by atoms with Gasteiger partial charge in [0, 0.05) is 5.56 Å². The van der Waals surface area contributed by atoms with Gasteiger partial charge in [0.1, 0.15) is 5.75 Å². The maximum absolute atomic E-state index is 12.0. The first-order valence-electron chi connectivity index (χ1n) is 6.76. The Labute approximate surface area is 137 Å². The molecule has 2 rings (SSSR count). The molecule has 0 radical (unpaired) electrons. The zero-order valence-electron chi connectivity index (χ0n) is 12.4. The highest BCUT2D eigenvalue weighted by Crippen LogP contribution is 2.25. The number of hydrogen-bond donors (Lipinski definition) is 1. The lowest BCUT2D eigenvalue weighted by atomic mass is 10.1. The predicted molar refractivity (Wildman–Crippen MR) is 89.5 cm³/mol. The summed E-state index contributed by atoms with van der Waals surface area (Å²) in [6.45, 7) is 3.30. The Kier molecular flexibility index (Phi) is 5.33. The van der Waals surface area contributed by atoms with Gasteiger partial charge in [-0.05, 0) is 59.6 Å². The molecule has 0 atom stereocenters. The Bertz CT molecular complexity index is 713. The van der Waals surface area contributed by atoms with Gasteiger partial charge in [-0.2, -0.15) is 0 Å². The van der Waals surface area contributed by atoms with E-state index in [1.165, 1.54) is 6.92 Å². The Balaban J connectivity index is 2.00. The van der Waals surface area contributed by atoms with Crippen LogP contribution in [0, 0.1) is 6.92 Å². The minimum absolute atomic E-state index is 0.0990. The van der Waals surface area contributed by atoms with Crippen LogP contribution >= 0.6 is 15.9 Å². The molecule has 0 heterocycles. The van der Waals surface area contributed by atoms with Crippen LogP contribution in [0.4, 0.5) is 5.69 Å². The quantitative estimate of drug-likeness (QED) is 0.819. The van der Waals surface area contributed by atoms with Gasteiger partial charge in [-0.1, -0.05) is 18.2 Å². The van der Waals surface area contributed by atoms with Crippen molar-refractivity contribution in [2.45, 2.75) is 13.8 Å². The lowest BCUT2D eigenvalue weighted by Gasteiger charge is -2.11. The summed E-state index contributed by atoms with van der Waals surface area (Å²) in [5.41, 5.74) is 2.07. The number of Topliss-reactive ketones (excluding diaryl/α,β-unsaturated/α-hetero) is 1. The fourth-order valence-corrected chi connectivity index (χ4v) is 2.56. The van der Waals surface area contributed by atoms with Crippen LogP contribution in [0.25, 0.3) is 0 Å². The van der Waals surface area contributed by atoms with Crippen molar-refractivity contribution in [1.82, 2.24) is 0 Å². The molecule has 0 aliphatic rings. The summed E-state index contributed by atoms with van der Waals surface area (Å²) in [6.07, 6.45) is 0. The second kappa shape index (κ2) is 7.22. The predicted octanol–water partition coefficient (Wildman–Crippen LogP) is 3.98. The molecule has 0 aliphatic heterocycles.